The van der Waals surface area contributed by atoms with E-state index in [0.717, 1.165) is 0 Å². The number of hydrogen-bond donors (Lipinski definition) is 0. The fourth-order valence-corrected chi connectivity index (χ4v) is 1.40. The lowest BCUT2D eigenvalue weighted by atomic mass is 10.2. The van der Waals surface area contributed by atoms with E-state index in [-0.39, 0.29) is 13.3 Å². The molecule has 0 aliphatic carbocycles. The van der Waals surface area contributed by atoms with Crippen molar-refractivity contribution in [3.8, 4) is 0 Å². The predicted molar refractivity (Wildman–Crippen MR) is 74.8 cm³/mol. The van der Waals surface area contributed by atoms with E-state index in [0.29, 0.717) is 6.54 Å². The van der Waals surface area contributed by atoms with Crippen LogP contribution in [0, 0.1) is 0 Å². The Labute approximate surface area is 119 Å². The van der Waals surface area contributed by atoms with Crippen LogP contribution in [0.2, 0.25) is 0 Å². The summed E-state index contributed by atoms with van der Waals surface area (Å²) in [4.78, 5) is 26.3. The summed E-state index contributed by atoms with van der Waals surface area (Å²) < 4.78 is 10.2. The van der Waals surface area contributed by atoms with E-state index in [4.69, 9.17) is 9.47 Å². The van der Waals surface area contributed by atoms with Crippen molar-refractivity contribution < 1.29 is 19.1 Å². The Morgan fingerprint density at radius 1 is 1.30 bits per heavy atom. The molecule has 0 saturated carbocycles. The summed E-state index contributed by atoms with van der Waals surface area (Å²) in [5.74, 6) is -0.471. The largest absolute Gasteiger partial charge is 0.444 e. The third-order valence-corrected chi connectivity index (χ3v) is 2.35. The molecule has 0 aromatic carbocycles. The number of ether oxygens (including phenoxy) is 2. The lowest BCUT2D eigenvalue weighted by Gasteiger charge is -2.24. The SMILES string of the molecule is CN(CC(=O)OCN1C=CC=CC1)C(=O)OC(C)(C)C. The first-order valence-corrected chi connectivity index (χ1v) is 6.45. The fourth-order valence-electron chi connectivity index (χ4n) is 1.40. The molecule has 6 heteroatoms. The normalized spacial score (nSPS) is 14.1. The molecule has 0 aromatic heterocycles. The zero-order valence-corrected chi connectivity index (χ0v) is 12.5. The van der Waals surface area contributed by atoms with E-state index in [1.165, 1.54) is 11.9 Å². The fraction of sp³-hybridized carbons (Fsp3) is 0.571. The molecule has 1 aliphatic heterocycles. The van der Waals surface area contributed by atoms with E-state index in [1.807, 2.05) is 29.3 Å². The van der Waals surface area contributed by atoms with E-state index in [1.54, 1.807) is 20.8 Å². The van der Waals surface area contributed by atoms with Gasteiger partial charge in [0.2, 0.25) is 0 Å². The number of carbonyl (C=O) groups is 2. The van der Waals surface area contributed by atoms with Crippen LogP contribution in [0.25, 0.3) is 0 Å². The van der Waals surface area contributed by atoms with Crippen molar-refractivity contribution in [2.75, 3.05) is 26.9 Å². The molecule has 0 saturated heterocycles. The molecule has 1 amide bonds. The summed E-state index contributed by atoms with van der Waals surface area (Å²) in [5, 5.41) is 0. The highest BCUT2D eigenvalue weighted by atomic mass is 16.6. The van der Waals surface area contributed by atoms with Gasteiger partial charge in [0, 0.05) is 19.8 Å². The van der Waals surface area contributed by atoms with Crippen LogP contribution in [0.3, 0.4) is 0 Å². The maximum Gasteiger partial charge on any atom is 0.410 e. The van der Waals surface area contributed by atoms with Crippen molar-refractivity contribution in [2.45, 2.75) is 26.4 Å². The van der Waals surface area contributed by atoms with Gasteiger partial charge in [0.1, 0.15) is 12.1 Å². The molecular weight excluding hydrogens is 260 g/mol. The molecule has 0 fully saturated rings. The van der Waals surface area contributed by atoms with Crippen LogP contribution in [0.15, 0.2) is 24.4 Å². The minimum atomic E-state index is -0.583. The Kier molecular flexibility index (Phi) is 5.61. The van der Waals surface area contributed by atoms with Gasteiger partial charge in [-0.25, -0.2) is 4.79 Å². The van der Waals surface area contributed by atoms with Gasteiger partial charge in [0.25, 0.3) is 0 Å². The van der Waals surface area contributed by atoms with Gasteiger partial charge in [0.05, 0.1) is 0 Å². The Hall–Kier alpha value is -1.98. The summed E-state index contributed by atoms with van der Waals surface area (Å²) in [5.41, 5.74) is -0.583. The minimum absolute atomic E-state index is 0.137. The molecular formula is C14H22N2O4. The van der Waals surface area contributed by atoms with E-state index >= 15 is 0 Å². The lowest BCUT2D eigenvalue weighted by molar-refractivity contribution is -0.148. The number of carbonyl (C=O) groups excluding carboxylic acids is 2. The second-order valence-corrected chi connectivity index (χ2v) is 5.52. The second kappa shape index (κ2) is 6.98. The maximum absolute atomic E-state index is 11.7. The number of rotatable bonds is 4. The van der Waals surface area contributed by atoms with Gasteiger partial charge in [-0.15, -0.1) is 0 Å². The molecule has 112 valence electrons. The van der Waals surface area contributed by atoms with Gasteiger partial charge < -0.3 is 19.3 Å². The molecule has 0 atom stereocenters. The van der Waals surface area contributed by atoms with Crippen molar-refractivity contribution in [1.29, 1.82) is 0 Å². The minimum Gasteiger partial charge on any atom is -0.444 e. The molecule has 6 nitrogen and oxygen atoms in total. The lowest BCUT2D eigenvalue weighted by Crippen LogP contribution is -2.38. The summed E-state index contributed by atoms with van der Waals surface area (Å²) in [7, 11) is 1.50. The monoisotopic (exact) mass is 282 g/mol. The van der Waals surface area contributed by atoms with Gasteiger partial charge >= 0.3 is 12.1 Å². The highest BCUT2D eigenvalue weighted by Crippen LogP contribution is 2.09. The van der Waals surface area contributed by atoms with Gasteiger partial charge in [0.15, 0.2) is 6.73 Å². The Bertz CT molecular complexity index is 410. The molecule has 0 spiro atoms. The summed E-state index contributed by atoms with van der Waals surface area (Å²) >= 11 is 0. The summed E-state index contributed by atoms with van der Waals surface area (Å²) in [6, 6.07) is 0. The summed E-state index contributed by atoms with van der Waals surface area (Å²) in [6.45, 7) is 6.05. The molecule has 0 unspecified atom stereocenters. The van der Waals surface area contributed by atoms with Gasteiger partial charge in [-0.05, 0) is 26.8 Å². The first-order valence-electron chi connectivity index (χ1n) is 6.45. The van der Waals surface area contributed by atoms with Crippen LogP contribution >= 0.6 is 0 Å². The van der Waals surface area contributed by atoms with E-state index < -0.39 is 17.7 Å². The van der Waals surface area contributed by atoms with Crippen molar-refractivity contribution in [1.82, 2.24) is 9.80 Å². The van der Waals surface area contributed by atoms with Crippen molar-refractivity contribution in [3.63, 3.8) is 0 Å². The zero-order valence-electron chi connectivity index (χ0n) is 12.5. The van der Waals surface area contributed by atoms with Gasteiger partial charge in [-0.1, -0.05) is 12.2 Å². The predicted octanol–water partition coefficient (Wildman–Crippen LogP) is 1.74. The molecule has 20 heavy (non-hydrogen) atoms. The van der Waals surface area contributed by atoms with Gasteiger partial charge in [-0.3, -0.25) is 4.79 Å². The highest BCUT2D eigenvalue weighted by Gasteiger charge is 2.21. The average molecular weight is 282 g/mol. The average Bonchev–Trinajstić information content (AvgIpc) is 2.35. The molecule has 0 aromatic rings. The van der Waals surface area contributed by atoms with E-state index in [2.05, 4.69) is 0 Å². The number of esters is 1. The molecule has 1 rings (SSSR count). The van der Waals surface area contributed by atoms with Crippen LogP contribution in [0.1, 0.15) is 20.8 Å². The highest BCUT2D eigenvalue weighted by molar-refractivity contribution is 5.77. The van der Waals surface area contributed by atoms with Crippen LogP contribution < -0.4 is 0 Å². The number of allylic oxidation sites excluding steroid dienone is 2. The smallest absolute Gasteiger partial charge is 0.410 e. The molecule has 0 N–H and O–H groups in total. The Morgan fingerprint density at radius 2 is 2.00 bits per heavy atom. The third-order valence-electron chi connectivity index (χ3n) is 2.35. The molecule has 0 bridgehead atoms. The third kappa shape index (κ3) is 6.26. The van der Waals surface area contributed by atoms with Crippen molar-refractivity contribution in [2.24, 2.45) is 0 Å². The quantitative estimate of drug-likeness (QED) is 0.735. The Morgan fingerprint density at radius 3 is 2.55 bits per heavy atom. The van der Waals surface area contributed by atoms with Gasteiger partial charge in [-0.2, -0.15) is 0 Å². The summed E-state index contributed by atoms with van der Waals surface area (Å²) in [6.07, 6.45) is 7.04. The van der Waals surface area contributed by atoms with Crippen LogP contribution in [0.4, 0.5) is 4.79 Å². The number of hydrogen-bond acceptors (Lipinski definition) is 5. The number of nitrogens with zero attached hydrogens (tertiary/aromatic N) is 2. The second-order valence-electron chi connectivity index (χ2n) is 5.52. The van der Waals surface area contributed by atoms with Crippen LogP contribution in [-0.4, -0.2) is 54.3 Å². The number of likely N-dealkylation sites (N-methyl/N-ethyl adjacent to an activating group) is 1. The molecule has 1 aliphatic rings. The standard InChI is InChI=1S/C14H22N2O4/c1-14(2,3)20-13(18)15(4)10-12(17)19-11-16-8-6-5-7-9-16/h5-8H,9-11H2,1-4H3. The van der Waals surface area contributed by atoms with Crippen LogP contribution in [-0.2, 0) is 14.3 Å². The number of amides is 1. The topological polar surface area (TPSA) is 59.1 Å². The Balaban J connectivity index is 2.29. The van der Waals surface area contributed by atoms with E-state index in [9.17, 15) is 9.59 Å². The van der Waals surface area contributed by atoms with Crippen molar-refractivity contribution >= 4 is 12.1 Å². The maximum atomic E-state index is 11.7. The first kappa shape index (κ1) is 16.1. The molecule has 0 radical (unpaired) electrons. The first-order chi connectivity index (χ1) is 9.28. The zero-order chi connectivity index (χ0) is 15.2. The molecule has 1 heterocycles. The van der Waals surface area contributed by atoms with Crippen molar-refractivity contribution in [3.05, 3.63) is 24.4 Å². The van der Waals surface area contributed by atoms with Crippen LogP contribution in [0.5, 0.6) is 0 Å².